The molecule has 1 aromatic rings. The van der Waals surface area contributed by atoms with E-state index in [4.69, 9.17) is 16.3 Å². The van der Waals surface area contributed by atoms with E-state index in [1.807, 2.05) is 13.8 Å². The van der Waals surface area contributed by atoms with Gasteiger partial charge < -0.3 is 4.74 Å². The van der Waals surface area contributed by atoms with Gasteiger partial charge in [0.1, 0.15) is 0 Å². The molecule has 0 atom stereocenters. The summed E-state index contributed by atoms with van der Waals surface area (Å²) in [6.45, 7) is 6.03. The van der Waals surface area contributed by atoms with Gasteiger partial charge >= 0.3 is 6.09 Å². The first-order chi connectivity index (χ1) is 7.56. The zero-order valence-corrected chi connectivity index (χ0v) is 10.5. The summed E-state index contributed by atoms with van der Waals surface area (Å²) in [7, 11) is 0. The topological polar surface area (TPSA) is 29.5 Å². The van der Waals surface area contributed by atoms with Gasteiger partial charge in [-0.15, -0.1) is 0 Å². The maximum atomic E-state index is 11.7. The molecule has 0 aliphatic heterocycles. The fourth-order valence-corrected chi connectivity index (χ4v) is 1.54. The summed E-state index contributed by atoms with van der Waals surface area (Å²) in [4.78, 5) is 13.3. The van der Waals surface area contributed by atoms with Crippen LogP contribution in [0.3, 0.4) is 0 Å². The Bertz CT molecular complexity index is 349. The van der Waals surface area contributed by atoms with Crippen LogP contribution in [0.4, 0.5) is 10.5 Å². The molecule has 1 amide bonds. The lowest BCUT2D eigenvalue weighted by atomic mass is 10.2. The van der Waals surface area contributed by atoms with E-state index in [1.165, 1.54) is 0 Å². The minimum absolute atomic E-state index is 0.0419. The van der Waals surface area contributed by atoms with Gasteiger partial charge in [-0.2, -0.15) is 0 Å². The molecule has 0 fully saturated rings. The zero-order chi connectivity index (χ0) is 12.1. The van der Waals surface area contributed by atoms with Gasteiger partial charge in [0.2, 0.25) is 0 Å². The second-order valence-corrected chi connectivity index (χ2v) is 4.08. The van der Waals surface area contributed by atoms with Crippen molar-refractivity contribution >= 4 is 23.4 Å². The number of amides is 1. The third kappa shape index (κ3) is 3.14. The van der Waals surface area contributed by atoms with Crippen LogP contribution in [0.25, 0.3) is 0 Å². The molecule has 1 rings (SSSR count). The number of carbonyl (C=O) groups excluding carboxylic acids is 1. The lowest BCUT2D eigenvalue weighted by Crippen LogP contribution is -2.37. The van der Waals surface area contributed by atoms with Gasteiger partial charge in [0.05, 0.1) is 6.61 Å². The van der Waals surface area contributed by atoms with Crippen LogP contribution in [0, 0.1) is 0 Å². The normalized spacial score (nSPS) is 10.3. The quantitative estimate of drug-likeness (QED) is 0.807. The first-order valence-corrected chi connectivity index (χ1v) is 5.65. The second kappa shape index (κ2) is 5.75. The Labute approximate surface area is 101 Å². The summed E-state index contributed by atoms with van der Waals surface area (Å²) in [5.41, 5.74) is 0.790. The maximum absolute atomic E-state index is 11.7. The third-order valence-electron chi connectivity index (χ3n) is 2.09. The van der Waals surface area contributed by atoms with Gasteiger partial charge in [0.15, 0.2) is 0 Å². The monoisotopic (exact) mass is 241 g/mol. The second-order valence-electron chi connectivity index (χ2n) is 3.64. The van der Waals surface area contributed by atoms with Gasteiger partial charge in [0.25, 0.3) is 0 Å². The summed E-state index contributed by atoms with van der Waals surface area (Å²) in [5.74, 6) is 0. The number of carbonyl (C=O) groups is 1. The van der Waals surface area contributed by atoms with E-state index in [-0.39, 0.29) is 12.1 Å². The number of hydrogen-bond donors (Lipinski definition) is 0. The van der Waals surface area contributed by atoms with E-state index in [0.717, 1.165) is 5.69 Å². The van der Waals surface area contributed by atoms with E-state index in [9.17, 15) is 4.79 Å². The standard InChI is InChI=1S/C12H16ClNO2/c1-4-16-12(15)14(9(2)3)11-7-5-10(13)6-8-11/h5-9H,4H2,1-3H3. The van der Waals surface area contributed by atoms with Crippen LogP contribution in [0.1, 0.15) is 20.8 Å². The molecule has 16 heavy (non-hydrogen) atoms. The fraction of sp³-hybridized carbons (Fsp3) is 0.417. The molecule has 1 aromatic carbocycles. The number of benzene rings is 1. The largest absolute Gasteiger partial charge is 0.449 e. The molecule has 88 valence electrons. The summed E-state index contributed by atoms with van der Waals surface area (Å²) in [5, 5.41) is 0.649. The number of nitrogens with zero attached hydrogens (tertiary/aromatic N) is 1. The summed E-state index contributed by atoms with van der Waals surface area (Å²) in [6, 6.07) is 7.16. The van der Waals surface area contributed by atoms with E-state index < -0.39 is 0 Å². The van der Waals surface area contributed by atoms with Crippen LogP contribution in [-0.2, 0) is 4.74 Å². The lowest BCUT2D eigenvalue weighted by Gasteiger charge is -2.25. The lowest BCUT2D eigenvalue weighted by molar-refractivity contribution is 0.158. The van der Waals surface area contributed by atoms with Crippen molar-refractivity contribution in [3.05, 3.63) is 29.3 Å². The highest BCUT2D eigenvalue weighted by Gasteiger charge is 2.19. The molecule has 0 N–H and O–H groups in total. The molecule has 0 heterocycles. The Hall–Kier alpha value is -1.22. The van der Waals surface area contributed by atoms with Gasteiger partial charge in [-0.3, -0.25) is 4.90 Å². The molecule has 0 saturated heterocycles. The highest BCUT2D eigenvalue weighted by Crippen LogP contribution is 2.20. The Morgan fingerprint density at radius 2 is 1.94 bits per heavy atom. The number of rotatable bonds is 3. The van der Waals surface area contributed by atoms with Crippen LogP contribution >= 0.6 is 11.6 Å². The minimum atomic E-state index is -0.333. The number of halogens is 1. The first-order valence-electron chi connectivity index (χ1n) is 5.27. The molecule has 0 unspecified atom stereocenters. The Morgan fingerprint density at radius 1 is 1.38 bits per heavy atom. The molecular formula is C12H16ClNO2. The molecule has 4 heteroatoms. The number of anilines is 1. The van der Waals surface area contributed by atoms with E-state index in [0.29, 0.717) is 11.6 Å². The summed E-state index contributed by atoms with van der Waals surface area (Å²) in [6.07, 6.45) is -0.333. The van der Waals surface area contributed by atoms with Crippen molar-refractivity contribution in [2.75, 3.05) is 11.5 Å². The average molecular weight is 242 g/mol. The SMILES string of the molecule is CCOC(=O)N(c1ccc(Cl)cc1)C(C)C. The smallest absolute Gasteiger partial charge is 0.414 e. The number of ether oxygens (including phenoxy) is 1. The summed E-state index contributed by atoms with van der Waals surface area (Å²) < 4.78 is 5.00. The Kier molecular flexibility index (Phi) is 4.62. The van der Waals surface area contributed by atoms with Crippen molar-refractivity contribution in [3.8, 4) is 0 Å². The van der Waals surface area contributed by atoms with Gasteiger partial charge in [0, 0.05) is 16.8 Å². The van der Waals surface area contributed by atoms with E-state index in [2.05, 4.69) is 0 Å². The Morgan fingerprint density at radius 3 is 2.38 bits per heavy atom. The Balaban J connectivity index is 2.93. The third-order valence-corrected chi connectivity index (χ3v) is 2.34. The van der Waals surface area contributed by atoms with Crippen molar-refractivity contribution in [3.63, 3.8) is 0 Å². The zero-order valence-electron chi connectivity index (χ0n) is 9.74. The van der Waals surface area contributed by atoms with Gasteiger partial charge in [-0.05, 0) is 45.0 Å². The highest BCUT2D eigenvalue weighted by molar-refractivity contribution is 6.30. The molecule has 0 aromatic heterocycles. The predicted octanol–water partition coefficient (Wildman–Crippen LogP) is 3.71. The van der Waals surface area contributed by atoms with E-state index >= 15 is 0 Å². The fourth-order valence-electron chi connectivity index (χ4n) is 1.41. The van der Waals surface area contributed by atoms with Crippen LogP contribution in [0.5, 0.6) is 0 Å². The average Bonchev–Trinajstić information content (AvgIpc) is 2.21. The molecule has 3 nitrogen and oxygen atoms in total. The van der Waals surface area contributed by atoms with Crippen LogP contribution in [0.2, 0.25) is 5.02 Å². The highest BCUT2D eigenvalue weighted by atomic mass is 35.5. The molecule has 0 aliphatic carbocycles. The molecule has 0 spiro atoms. The van der Waals surface area contributed by atoms with Crippen molar-refractivity contribution < 1.29 is 9.53 Å². The predicted molar refractivity (Wildman–Crippen MR) is 66.1 cm³/mol. The van der Waals surface area contributed by atoms with Crippen molar-refractivity contribution in [1.29, 1.82) is 0 Å². The number of hydrogen-bond acceptors (Lipinski definition) is 2. The van der Waals surface area contributed by atoms with Gasteiger partial charge in [-0.25, -0.2) is 4.79 Å². The van der Waals surface area contributed by atoms with Crippen LogP contribution < -0.4 is 4.90 Å². The minimum Gasteiger partial charge on any atom is -0.449 e. The van der Waals surface area contributed by atoms with Crippen molar-refractivity contribution in [2.45, 2.75) is 26.8 Å². The summed E-state index contributed by atoms with van der Waals surface area (Å²) >= 11 is 5.80. The maximum Gasteiger partial charge on any atom is 0.414 e. The van der Waals surface area contributed by atoms with Gasteiger partial charge in [-0.1, -0.05) is 11.6 Å². The van der Waals surface area contributed by atoms with Crippen molar-refractivity contribution in [1.82, 2.24) is 0 Å². The first kappa shape index (κ1) is 12.8. The van der Waals surface area contributed by atoms with Crippen LogP contribution in [0.15, 0.2) is 24.3 Å². The van der Waals surface area contributed by atoms with Crippen molar-refractivity contribution in [2.24, 2.45) is 0 Å². The molecule has 0 aliphatic rings. The van der Waals surface area contributed by atoms with E-state index in [1.54, 1.807) is 36.1 Å². The van der Waals surface area contributed by atoms with Crippen LogP contribution in [-0.4, -0.2) is 18.7 Å². The molecule has 0 saturated carbocycles. The molecule has 0 radical (unpaired) electrons. The molecular weight excluding hydrogens is 226 g/mol. The molecule has 0 bridgehead atoms.